The first-order valence-corrected chi connectivity index (χ1v) is 10.8. The summed E-state index contributed by atoms with van der Waals surface area (Å²) in [5.41, 5.74) is 3.21. The molecular formula is C23H26ClNO4. The third-order valence-electron chi connectivity index (χ3n) is 5.93. The molecule has 3 aliphatic heterocycles. The Morgan fingerprint density at radius 1 is 1.17 bits per heavy atom. The van der Waals surface area contributed by atoms with Crippen molar-refractivity contribution >= 4 is 11.6 Å². The molecule has 3 atom stereocenters. The fourth-order valence-corrected chi connectivity index (χ4v) is 4.86. The van der Waals surface area contributed by atoms with Gasteiger partial charge >= 0.3 is 0 Å². The Balaban J connectivity index is 1.24. The second-order valence-electron chi connectivity index (χ2n) is 8.21. The van der Waals surface area contributed by atoms with E-state index in [1.54, 1.807) is 6.07 Å². The predicted octanol–water partition coefficient (Wildman–Crippen LogP) is 3.54. The number of likely N-dealkylation sites (tertiary alicyclic amines) is 1. The van der Waals surface area contributed by atoms with E-state index in [0.717, 1.165) is 49.2 Å². The van der Waals surface area contributed by atoms with Crippen LogP contribution in [0.5, 0.6) is 11.5 Å². The number of β-amino-alcohol motifs (C(OH)–C–C–N with tert-alkyl or cyclic N) is 1. The molecule has 0 amide bonds. The van der Waals surface area contributed by atoms with Gasteiger partial charge in [0.1, 0.15) is 24.2 Å². The zero-order valence-electron chi connectivity index (χ0n) is 16.4. The van der Waals surface area contributed by atoms with Gasteiger partial charge in [0.05, 0.1) is 18.8 Å². The third-order valence-corrected chi connectivity index (χ3v) is 6.15. The van der Waals surface area contributed by atoms with Crippen molar-refractivity contribution in [2.45, 2.75) is 37.6 Å². The molecule has 0 aliphatic carbocycles. The monoisotopic (exact) mass is 415 g/mol. The minimum absolute atomic E-state index is 0.232. The second-order valence-corrected chi connectivity index (χ2v) is 8.65. The van der Waals surface area contributed by atoms with Crippen LogP contribution >= 0.6 is 11.6 Å². The van der Waals surface area contributed by atoms with Gasteiger partial charge < -0.3 is 19.3 Å². The number of halogens is 1. The average Bonchev–Trinajstić information content (AvgIpc) is 3.32. The molecule has 5 rings (SSSR count). The summed E-state index contributed by atoms with van der Waals surface area (Å²) in [5.74, 6) is 1.59. The number of rotatable bonds is 6. The highest BCUT2D eigenvalue weighted by Gasteiger charge is 2.34. The summed E-state index contributed by atoms with van der Waals surface area (Å²) >= 11 is 6.36. The third kappa shape index (κ3) is 4.24. The van der Waals surface area contributed by atoms with Gasteiger partial charge in [-0.15, -0.1) is 0 Å². The van der Waals surface area contributed by atoms with Crippen molar-refractivity contribution < 1.29 is 19.3 Å². The molecule has 2 aromatic rings. The Morgan fingerprint density at radius 3 is 2.83 bits per heavy atom. The van der Waals surface area contributed by atoms with E-state index in [1.165, 1.54) is 5.56 Å². The highest BCUT2D eigenvalue weighted by molar-refractivity contribution is 6.31. The fraction of sp³-hybridized carbons (Fsp3) is 0.478. The Labute approximate surface area is 176 Å². The SMILES string of the molecule is OC(COc1cc(Cl)cc(-c2cccc3c2OCC3)c1)CN1C[C@H]2CC[C@@H](C1)O2. The second kappa shape index (κ2) is 8.15. The van der Waals surface area contributed by atoms with Crippen molar-refractivity contribution in [3.8, 4) is 22.6 Å². The normalized spacial score (nSPS) is 24.2. The van der Waals surface area contributed by atoms with Crippen molar-refractivity contribution in [1.29, 1.82) is 0 Å². The first kappa shape index (κ1) is 19.2. The molecule has 1 N–H and O–H groups in total. The van der Waals surface area contributed by atoms with E-state index in [4.69, 9.17) is 25.8 Å². The van der Waals surface area contributed by atoms with Crippen LogP contribution in [0, 0.1) is 0 Å². The molecule has 0 saturated carbocycles. The van der Waals surface area contributed by atoms with Crippen molar-refractivity contribution in [3.05, 3.63) is 47.0 Å². The van der Waals surface area contributed by atoms with Crippen LogP contribution in [0.2, 0.25) is 5.02 Å². The zero-order valence-corrected chi connectivity index (χ0v) is 17.1. The largest absolute Gasteiger partial charge is 0.492 e. The maximum Gasteiger partial charge on any atom is 0.130 e. The van der Waals surface area contributed by atoms with Gasteiger partial charge in [0.25, 0.3) is 0 Å². The maximum absolute atomic E-state index is 10.5. The van der Waals surface area contributed by atoms with Crippen molar-refractivity contribution in [2.24, 2.45) is 0 Å². The van der Waals surface area contributed by atoms with Crippen LogP contribution in [0.15, 0.2) is 36.4 Å². The molecule has 6 heteroatoms. The van der Waals surface area contributed by atoms with E-state index in [0.29, 0.717) is 36.1 Å². The van der Waals surface area contributed by atoms with E-state index in [-0.39, 0.29) is 6.61 Å². The molecule has 3 aliphatic rings. The van der Waals surface area contributed by atoms with Crippen LogP contribution in [0.25, 0.3) is 11.1 Å². The van der Waals surface area contributed by atoms with Crippen LogP contribution in [-0.4, -0.2) is 61.2 Å². The molecule has 154 valence electrons. The lowest BCUT2D eigenvalue weighted by atomic mass is 10.0. The van der Waals surface area contributed by atoms with Crippen LogP contribution < -0.4 is 9.47 Å². The van der Waals surface area contributed by atoms with Gasteiger partial charge in [0.15, 0.2) is 0 Å². The first-order valence-electron chi connectivity index (χ1n) is 10.4. The number of benzene rings is 2. The summed E-state index contributed by atoms with van der Waals surface area (Å²) in [6.45, 7) is 3.34. The van der Waals surface area contributed by atoms with E-state index in [9.17, 15) is 5.11 Å². The van der Waals surface area contributed by atoms with Crippen molar-refractivity contribution in [1.82, 2.24) is 4.90 Å². The number of fused-ring (bicyclic) bond motifs is 3. The Hall–Kier alpha value is -1.79. The number of aliphatic hydroxyl groups is 1. The van der Waals surface area contributed by atoms with Gasteiger partial charge in [-0.2, -0.15) is 0 Å². The number of hydrogen-bond donors (Lipinski definition) is 1. The summed E-state index contributed by atoms with van der Waals surface area (Å²) in [7, 11) is 0. The standard InChI is InChI=1S/C23H26ClNO4/c24-17-8-16(22-3-1-2-15-6-7-27-23(15)22)9-21(10-17)28-14-18(26)11-25-12-19-4-5-20(13-25)29-19/h1-3,8-10,18-20,26H,4-7,11-14H2/t18?,19-,20+. The molecular weight excluding hydrogens is 390 g/mol. The van der Waals surface area contributed by atoms with E-state index in [1.807, 2.05) is 24.3 Å². The quantitative estimate of drug-likeness (QED) is 0.782. The van der Waals surface area contributed by atoms with Gasteiger partial charge in [-0.1, -0.05) is 29.8 Å². The van der Waals surface area contributed by atoms with Crippen LogP contribution in [0.1, 0.15) is 18.4 Å². The zero-order chi connectivity index (χ0) is 19.8. The summed E-state index contributed by atoms with van der Waals surface area (Å²) < 4.78 is 17.6. The van der Waals surface area contributed by atoms with Crippen molar-refractivity contribution in [2.75, 3.05) is 32.8 Å². The minimum atomic E-state index is -0.556. The van der Waals surface area contributed by atoms with Gasteiger partial charge in [-0.05, 0) is 42.2 Å². The lowest BCUT2D eigenvalue weighted by molar-refractivity contribution is -0.0528. The van der Waals surface area contributed by atoms with Gasteiger partial charge in [0.2, 0.25) is 0 Å². The molecule has 1 unspecified atom stereocenters. The van der Waals surface area contributed by atoms with Gasteiger partial charge in [-0.25, -0.2) is 0 Å². The topological polar surface area (TPSA) is 51.2 Å². The number of hydrogen-bond acceptors (Lipinski definition) is 5. The maximum atomic E-state index is 10.5. The van der Waals surface area contributed by atoms with Crippen LogP contribution in [0.3, 0.4) is 0 Å². The molecule has 0 aromatic heterocycles. The van der Waals surface area contributed by atoms with Gasteiger partial charge in [-0.3, -0.25) is 4.90 Å². The number of aliphatic hydroxyl groups excluding tert-OH is 1. The van der Waals surface area contributed by atoms with Gasteiger partial charge in [0, 0.05) is 36.6 Å². The van der Waals surface area contributed by atoms with E-state index < -0.39 is 6.10 Å². The molecule has 5 nitrogen and oxygen atoms in total. The molecule has 2 saturated heterocycles. The van der Waals surface area contributed by atoms with Crippen LogP contribution in [-0.2, 0) is 11.2 Å². The minimum Gasteiger partial charge on any atom is -0.492 e. The van der Waals surface area contributed by atoms with E-state index >= 15 is 0 Å². The lowest BCUT2D eigenvalue weighted by Crippen LogP contribution is -2.46. The summed E-state index contributed by atoms with van der Waals surface area (Å²) in [5, 5.41) is 11.1. The Morgan fingerprint density at radius 2 is 2.00 bits per heavy atom. The summed E-state index contributed by atoms with van der Waals surface area (Å²) in [6.07, 6.45) is 3.29. The predicted molar refractivity (Wildman–Crippen MR) is 112 cm³/mol. The number of morpholine rings is 1. The fourth-order valence-electron chi connectivity index (χ4n) is 4.64. The number of para-hydroxylation sites is 1. The molecule has 0 spiro atoms. The molecule has 2 bridgehead atoms. The highest BCUT2D eigenvalue weighted by atomic mass is 35.5. The van der Waals surface area contributed by atoms with Crippen LogP contribution in [0.4, 0.5) is 0 Å². The lowest BCUT2D eigenvalue weighted by Gasteiger charge is -2.33. The smallest absolute Gasteiger partial charge is 0.130 e. The summed E-state index contributed by atoms with van der Waals surface area (Å²) in [6, 6.07) is 11.9. The average molecular weight is 416 g/mol. The van der Waals surface area contributed by atoms with Crippen molar-refractivity contribution in [3.63, 3.8) is 0 Å². The summed E-state index contributed by atoms with van der Waals surface area (Å²) in [4.78, 5) is 2.29. The molecule has 3 heterocycles. The first-order chi connectivity index (χ1) is 14.1. The Kier molecular flexibility index (Phi) is 5.39. The number of nitrogens with zero attached hydrogens (tertiary/aromatic N) is 1. The highest BCUT2D eigenvalue weighted by Crippen LogP contribution is 2.39. The van der Waals surface area contributed by atoms with E-state index in [2.05, 4.69) is 11.0 Å². The number of ether oxygens (including phenoxy) is 3. The molecule has 2 aromatic carbocycles. The molecule has 29 heavy (non-hydrogen) atoms. The Bertz CT molecular complexity index is 877. The molecule has 0 radical (unpaired) electrons. The molecule has 2 fully saturated rings.